The van der Waals surface area contributed by atoms with Crippen molar-refractivity contribution in [3.05, 3.63) is 62.9 Å². The fourth-order valence-electron chi connectivity index (χ4n) is 4.18. The summed E-state index contributed by atoms with van der Waals surface area (Å²) in [6.07, 6.45) is 0.0909. The van der Waals surface area contributed by atoms with E-state index in [1.54, 1.807) is 19.1 Å². The molecule has 0 bridgehead atoms. The van der Waals surface area contributed by atoms with Crippen LogP contribution in [0.2, 0.25) is 0 Å². The first-order valence-electron chi connectivity index (χ1n) is 9.23. The Labute approximate surface area is 163 Å². The summed E-state index contributed by atoms with van der Waals surface area (Å²) in [6, 6.07) is 5.35. The van der Waals surface area contributed by atoms with Gasteiger partial charge in [-0.25, -0.2) is 13.8 Å². The van der Waals surface area contributed by atoms with Gasteiger partial charge in [0.15, 0.2) is 23.0 Å². The fraction of sp³-hybridized carbons (Fsp3) is 0.286. The van der Waals surface area contributed by atoms with Crippen molar-refractivity contribution in [2.75, 3.05) is 6.61 Å². The van der Waals surface area contributed by atoms with Gasteiger partial charge in [-0.1, -0.05) is 6.92 Å². The molecule has 0 saturated heterocycles. The number of ether oxygens (including phenoxy) is 1. The van der Waals surface area contributed by atoms with Crippen molar-refractivity contribution in [2.45, 2.75) is 32.1 Å². The second-order valence-electron chi connectivity index (χ2n) is 7.40. The van der Waals surface area contributed by atoms with E-state index >= 15 is 0 Å². The minimum absolute atomic E-state index is 0.0787. The average molecular weight is 398 g/mol. The lowest BCUT2D eigenvalue weighted by Crippen LogP contribution is -2.38. The van der Waals surface area contributed by atoms with Crippen LogP contribution in [0.5, 0.6) is 0 Å². The van der Waals surface area contributed by atoms with E-state index in [1.807, 2.05) is 0 Å². The van der Waals surface area contributed by atoms with Crippen molar-refractivity contribution in [1.29, 1.82) is 0 Å². The Bertz CT molecular complexity index is 1280. The lowest BCUT2D eigenvalue weighted by Gasteiger charge is -2.25. The van der Waals surface area contributed by atoms with Crippen LogP contribution in [-0.2, 0) is 28.3 Å². The van der Waals surface area contributed by atoms with Gasteiger partial charge < -0.3 is 14.4 Å². The molecule has 0 spiro atoms. The second kappa shape index (κ2) is 6.01. The summed E-state index contributed by atoms with van der Waals surface area (Å²) in [5, 5.41) is 11.5. The predicted molar refractivity (Wildman–Crippen MR) is 99.3 cm³/mol. The summed E-state index contributed by atoms with van der Waals surface area (Å²) in [4.78, 5) is 30.0. The third-order valence-electron chi connectivity index (χ3n) is 5.81. The Morgan fingerprint density at radius 2 is 1.93 bits per heavy atom. The lowest BCUT2D eigenvalue weighted by atomic mass is 9.85. The molecule has 2 aliphatic rings. The Morgan fingerprint density at radius 3 is 2.69 bits per heavy atom. The van der Waals surface area contributed by atoms with Crippen LogP contribution in [0.1, 0.15) is 30.0 Å². The maximum atomic E-state index is 13.7. The average Bonchev–Trinajstić information content (AvgIpc) is 2.99. The van der Waals surface area contributed by atoms with Gasteiger partial charge in [0.2, 0.25) is 0 Å². The van der Waals surface area contributed by atoms with Crippen LogP contribution in [0, 0.1) is 11.6 Å². The molecule has 6 nitrogen and oxygen atoms in total. The Morgan fingerprint density at radius 1 is 1.17 bits per heavy atom. The van der Waals surface area contributed by atoms with E-state index in [4.69, 9.17) is 4.74 Å². The Balaban J connectivity index is 1.80. The molecule has 5 rings (SSSR count). The zero-order chi connectivity index (χ0) is 20.5. The van der Waals surface area contributed by atoms with Gasteiger partial charge in [-0.15, -0.1) is 0 Å². The highest BCUT2D eigenvalue weighted by atomic mass is 19.2. The number of nitrogens with zero attached hydrogens (tertiary/aromatic N) is 2. The highest BCUT2D eigenvalue weighted by Gasteiger charge is 2.42. The van der Waals surface area contributed by atoms with Crippen molar-refractivity contribution in [3.8, 4) is 11.4 Å². The first-order chi connectivity index (χ1) is 13.8. The number of carbonyl (C=O) groups excluding carboxylic acids is 1. The van der Waals surface area contributed by atoms with Gasteiger partial charge in [0, 0.05) is 28.1 Å². The van der Waals surface area contributed by atoms with E-state index < -0.39 is 23.0 Å². The molecule has 0 aliphatic carbocycles. The van der Waals surface area contributed by atoms with Crippen LogP contribution in [0.3, 0.4) is 0 Å². The highest BCUT2D eigenvalue weighted by molar-refractivity contribution is 5.91. The number of benzene rings is 1. The van der Waals surface area contributed by atoms with E-state index in [0.29, 0.717) is 22.3 Å². The molecule has 1 unspecified atom stereocenters. The van der Waals surface area contributed by atoms with E-state index in [2.05, 4.69) is 4.98 Å². The van der Waals surface area contributed by atoms with E-state index in [0.717, 1.165) is 12.1 Å². The smallest absolute Gasteiger partial charge is 0.257 e. The Kier molecular flexibility index (Phi) is 3.75. The molecule has 1 aromatic carbocycles. The molecule has 3 aromatic rings. The van der Waals surface area contributed by atoms with Crippen LogP contribution in [0.4, 0.5) is 8.78 Å². The lowest BCUT2D eigenvalue weighted by molar-refractivity contribution is -0.142. The number of ketones is 1. The van der Waals surface area contributed by atoms with Crippen molar-refractivity contribution >= 4 is 16.7 Å². The summed E-state index contributed by atoms with van der Waals surface area (Å²) in [7, 11) is 0. The molecule has 2 aliphatic heterocycles. The fourth-order valence-corrected chi connectivity index (χ4v) is 4.18. The quantitative estimate of drug-likeness (QED) is 0.533. The van der Waals surface area contributed by atoms with Gasteiger partial charge in [0.1, 0.15) is 6.61 Å². The molecule has 8 heteroatoms. The number of hydrogen-bond donors (Lipinski definition) is 1. The summed E-state index contributed by atoms with van der Waals surface area (Å²) in [5.41, 5.74) is 0.0545. The van der Waals surface area contributed by atoms with Crippen molar-refractivity contribution in [2.24, 2.45) is 0 Å². The standard InChI is InChI=1S/C21H16F2N2O4/c1-2-21(28)13-5-17-19-11(3-10-4-14(22)15(23)6-16(10)24-19)7-25(17)20(27)12(13)8-29-9-18(21)26/h3-6,28H,2,7-9H2,1H3. The molecular weight excluding hydrogens is 382 g/mol. The molecule has 2 aromatic heterocycles. The van der Waals surface area contributed by atoms with Crippen molar-refractivity contribution < 1.29 is 23.4 Å². The number of Topliss-reactive ketones (excluding diaryl/α,β-unsaturated/α-hetero) is 1. The second-order valence-corrected chi connectivity index (χ2v) is 7.40. The molecule has 4 heterocycles. The van der Waals surface area contributed by atoms with Crippen LogP contribution < -0.4 is 5.56 Å². The molecule has 1 N–H and O–H groups in total. The maximum Gasteiger partial charge on any atom is 0.257 e. The number of aromatic nitrogens is 2. The molecule has 0 amide bonds. The number of pyridine rings is 2. The highest BCUT2D eigenvalue weighted by Crippen LogP contribution is 2.37. The van der Waals surface area contributed by atoms with Gasteiger partial charge in [0.05, 0.1) is 30.1 Å². The van der Waals surface area contributed by atoms with Gasteiger partial charge in [0.25, 0.3) is 5.56 Å². The zero-order valence-corrected chi connectivity index (χ0v) is 15.5. The summed E-state index contributed by atoms with van der Waals surface area (Å²) >= 11 is 0. The van der Waals surface area contributed by atoms with Gasteiger partial charge in [-0.2, -0.15) is 0 Å². The van der Waals surface area contributed by atoms with Crippen LogP contribution >= 0.6 is 0 Å². The third-order valence-corrected chi connectivity index (χ3v) is 5.81. The molecular formula is C21H16F2N2O4. The van der Waals surface area contributed by atoms with Gasteiger partial charge in [-0.3, -0.25) is 9.59 Å². The van der Waals surface area contributed by atoms with Crippen molar-refractivity contribution in [3.63, 3.8) is 0 Å². The summed E-state index contributed by atoms with van der Waals surface area (Å²) < 4.78 is 34.1. The van der Waals surface area contributed by atoms with Gasteiger partial charge >= 0.3 is 0 Å². The van der Waals surface area contributed by atoms with E-state index in [-0.39, 0.29) is 48.4 Å². The molecule has 29 heavy (non-hydrogen) atoms. The molecule has 0 saturated carbocycles. The van der Waals surface area contributed by atoms with Gasteiger partial charge in [-0.05, 0) is 24.6 Å². The number of aliphatic hydroxyl groups is 1. The number of hydrogen-bond acceptors (Lipinski definition) is 5. The normalized spacial score (nSPS) is 20.3. The summed E-state index contributed by atoms with van der Waals surface area (Å²) in [5.74, 6) is -2.49. The summed E-state index contributed by atoms with van der Waals surface area (Å²) in [6.45, 7) is 1.51. The minimum Gasteiger partial charge on any atom is -0.377 e. The Hall–Kier alpha value is -2.97. The van der Waals surface area contributed by atoms with E-state index in [9.17, 15) is 23.5 Å². The monoisotopic (exact) mass is 398 g/mol. The minimum atomic E-state index is -1.82. The SMILES string of the molecule is CCC1(O)C(=O)COCc2c1cc1n(c2=O)Cc2cc3cc(F)c(F)cc3nc2-1. The molecule has 0 radical (unpaired) electrons. The number of fused-ring (bicyclic) bond motifs is 5. The van der Waals surface area contributed by atoms with E-state index in [1.165, 1.54) is 4.57 Å². The van der Waals surface area contributed by atoms with Crippen LogP contribution in [0.15, 0.2) is 29.1 Å². The first-order valence-corrected chi connectivity index (χ1v) is 9.23. The largest absolute Gasteiger partial charge is 0.377 e. The zero-order valence-electron chi connectivity index (χ0n) is 15.5. The van der Waals surface area contributed by atoms with Crippen molar-refractivity contribution in [1.82, 2.24) is 9.55 Å². The molecule has 1 atom stereocenters. The third kappa shape index (κ3) is 2.42. The number of halogens is 2. The number of rotatable bonds is 1. The first kappa shape index (κ1) is 18.1. The topological polar surface area (TPSA) is 81.4 Å². The number of carbonyl (C=O) groups is 1. The van der Waals surface area contributed by atoms with Crippen LogP contribution in [-0.4, -0.2) is 27.0 Å². The maximum absolute atomic E-state index is 13.7. The molecule has 148 valence electrons. The molecule has 0 fully saturated rings. The predicted octanol–water partition coefficient (Wildman–Crippen LogP) is 2.40. The van der Waals surface area contributed by atoms with Crippen LogP contribution in [0.25, 0.3) is 22.3 Å².